The number of carbonyl (C=O) groups excluding carboxylic acids is 1. The van der Waals surface area contributed by atoms with Crippen molar-refractivity contribution >= 4 is 17.8 Å². The van der Waals surface area contributed by atoms with Crippen LogP contribution in [0.15, 0.2) is 4.99 Å². The molecule has 160 valence electrons. The van der Waals surface area contributed by atoms with Crippen LogP contribution >= 0.6 is 0 Å². The summed E-state index contributed by atoms with van der Waals surface area (Å²) in [4.78, 5) is 26.4. The van der Waals surface area contributed by atoms with Crippen LogP contribution in [-0.2, 0) is 9.59 Å². The molecule has 0 saturated heterocycles. The summed E-state index contributed by atoms with van der Waals surface area (Å²) < 4.78 is 0. The standard InChI is InChI=1S/C22H37NO5.2Na/c24-20(25)11-12-23-21(26)18(13-16-7-3-1-4-8-16)15-19(22(27)28)14-17-9-5-2-6-10-17;;/h16-19H,1-15H2,(H,23,26)(H,24,25)(H,27,28);;/q;2*+1/p-2/t18-,19-;;/m0../s1. The third-order valence-corrected chi connectivity index (χ3v) is 6.54. The average Bonchev–Trinajstić information content (AvgIpc) is 2.68. The van der Waals surface area contributed by atoms with E-state index in [1.165, 1.54) is 25.7 Å². The number of aliphatic imine (C=N–C) groups is 1. The maximum absolute atomic E-state index is 12.7. The minimum Gasteiger partial charge on any atom is -0.862 e. The Morgan fingerprint density at radius 3 is 1.73 bits per heavy atom. The van der Waals surface area contributed by atoms with E-state index in [2.05, 4.69) is 4.99 Å². The molecule has 30 heavy (non-hydrogen) atoms. The van der Waals surface area contributed by atoms with E-state index in [9.17, 15) is 24.9 Å². The van der Waals surface area contributed by atoms with Crippen molar-refractivity contribution in [2.24, 2.45) is 28.7 Å². The maximum Gasteiger partial charge on any atom is 1.00 e. The fraction of sp³-hybridized carbons (Fsp3) is 0.864. The predicted octanol–water partition coefficient (Wildman–Crippen LogP) is -3.46. The summed E-state index contributed by atoms with van der Waals surface area (Å²) in [5.74, 6) is -2.39. The minimum absolute atomic E-state index is 0. The summed E-state index contributed by atoms with van der Waals surface area (Å²) in [6, 6.07) is 0. The van der Waals surface area contributed by atoms with E-state index in [0.717, 1.165) is 38.5 Å². The van der Waals surface area contributed by atoms with Gasteiger partial charge in [0.05, 0.1) is 5.92 Å². The van der Waals surface area contributed by atoms with Crippen LogP contribution < -0.4 is 69.3 Å². The van der Waals surface area contributed by atoms with Gasteiger partial charge in [-0.1, -0.05) is 64.2 Å². The number of nitrogens with zero attached hydrogens (tertiary/aromatic N) is 1. The molecule has 6 nitrogen and oxygen atoms in total. The summed E-state index contributed by atoms with van der Waals surface area (Å²) in [5.41, 5.74) is 0. The minimum atomic E-state index is -1.22. The Balaban J connectivity index is 0.00000420. The van der Waals surface area contributed by atoms with Gasteiger partial charge in [-0.25, -0.2) is 0 Å². The Morgan fingerprint density at radius 2 is 1.30 bits per heavy atom. The average molecular weight is 440 g/mol. The molecule has 0 unspecified atom stereocenters. The SMILES string of the molecule is O=C([O-])CCN=C([O-])[C@@H](CC1CCCCC1)C[C@H](CC1CCCCC1)C(=O)O.[Na+].[Na+]. The van der Waals surface area contributed by atoms with Crippen molar-refractivity contribution in [3.8, 4) is 0 Å². The fourth-order valence-corrected chi connectivity index (χ4v) is 4.98. The van der Waals surface area contributed by atoms with Crippen LogP contribution in [0.4, 0.5) is 0 Å². The molecule has 0 aromatic rings. The zero-order valence-corrected chi connectivity index (χ0v) is 22.9. The van der Waals surface area contributed by atoms with E-state index in [4.69, 9.17) is 0 Å². The quantitative estimate of drug-likeness (QED) is 0.204. The molecule has 0 spiro atoms. The van der Waals surface area contributed by atoms with Crippen LogP contribution in [0.2, 0.25) is 0 Å². The molecule has 1 N–H and O–H groups in total. The number of carboxylic acids is 2. The first-order chi connectivity index (χ1) is 13.5. The number of hydrogen-bond acceptors (Lipinski definition) is 5. The molecule has 0 radical (unpaired) electrons. The molecule has 2 fully saturated rings. The van der Waals surface area contributed by atoms with Gasteiger partial charge >= 0.3 is 65.1 Å². The van der Waals surface area contributed by atoms with Gasteiger partial charge in [0.1, 0.15) is 0 Å². The third-order valence-electron chi connectivity index (χ3n) is 6.54. The van der Waals surface area contributed by atoms with Crippen LogP contribution in [0.3, 0.4) is 0 Å². The van der Waals surface area contributed by atoms with Crippen molar-refractivity contribution in [2.75, 3.05) is 6.54 Å². The van der Waals surface area contributed by atoms with Gasteiger partial charge in [-0.05, 0) is 42.9 Å². The molecule has 0 aromatic heterocycles. The normalized spacial score (nSPS) is 20.5. The van der Waals surface area contributed by atoms with Crippen LogP contribution in [-0.4, -0.2) is 29.5 Å². The second kappa shape index (κ2) is 17.0. The number of carbonyl (C=O) groups is 2. The van der Waals surface area contributed by atoms with Crippen LogP contribution in [0, 0.1) is 23.7 Å². The van der Waals surface area contributed by atoms with Crippen molar-refractivity contribution in [2.45, 2.75) is 89.9 Å². The summed E-state index contributed by atoms with van der Waals surface area (Å²) in [6.07, 6.45) is 12.8. The van der Waals surface area contributed by atoms with E-state index in [1.54, 1.807) is 0 Å². The van der Waals surface area contributed by atoms with Crippen molar-refractivity contribution in [3.63, 3.8) is 0 Å². The van der Waals surface area contributed by atoms with Gasteiger partial charge in [0.15, 0.2) is 0 Å². The first-order valence-electron chi connectivity index (χ1n) is 11.1. The molecule has 2 rings (SSSR count). The van der Waals surface area contributed by atoms with E-state index >= 15 is 0 Å². The Hall–Kier alpha value is 0.410. The summed E-state index contributed by atoms with van der Waals surface area (Å²) in [7, 11) is 0. The van der Waals surface area contributed by atoms with Crippen molar-refractivity contribution in [1.29, 1.82) is 0 Å². The van der Waals surface area contributed by atoms with Crippen LogP contribution in [0.1, 0.15) is 89.9 Å². The van der Waals surface area contributed by atoms with Gasteiger partial charge in [-0.2, -0.15) is 0 Å². The zero-order chi connectivity index (χ0) is 20.4. The van der Waals surface area contributed by atoms with Crippen molar-refractivity contribution < 1.29 is 84.0 Å². The molecule has 0 amide bonds. The number of carboxylic acid groups (broad SMARTS) is 2. The third kappa shape index (κ3) is 11.9. The molecule has 2 atom stereocenters. The molecule has 0 bridgehead atoms. The van der Waals surface area contributed by atoms with Crippen molar-refractivity contribution in [3.05, 3.63) is 0 Å². The Bertz CT molecular complexity index is 532. The van der Waals surface area contributed by atoms with E-state index < -0.39 is 23.8 Å². The topological polar surface area (TPSA) is 113 Å². The molecule has 0 aliphatic heterocycles. The molecule has 0 heterocycles. The number of hydrogen-bond donors (Lipinski definition) is 1. The first kappa shape index (κ1) is 30.4. The Kier molecular flexibility index (Phi) is 17.2. The van der Waals surface area contributed by atoms with Gasteiger partial charge < -0.3 is 25.1 Å². The van der Waals surface area contributed by atoms with Crippen LogP contribution in [0.5, 0.6) is 0 Å². The fourth-order valence-electron chi connectivity index (χ4n) is 4.98. The molecular weight excluding hydrogens is 404 g/mol. The van der Waals surface area contributed by atoms with Crippen LogP contribution in [0.25, 0.3) is 0 Å². The molecular formula is C22H35NNa2O5. The van der Waals surface area contributed by atoms with Crippen molar-refractivity contribution in [1.82, 2.24) is 0 Å². The van der Waals surface area contributed by atoms with E-state index in [-0.39, 0.29) is 78.0 Å². The summed E-state index contributed by atoms with van der Waals surface area (Å²) in [6.45, 7) is -0.0807. The molecule has 2 aliphatic rings. The van der Waals surface area contributed by atoms with Gasteiger partial charge in [-0.15, -0.1) is 0 Å². The molecule has 2 saturated carbocycles. The van der Waals surface area contributed by atoms with Gasteiger partial charge in [0.2, 0.25) is 0 Å². The van der Waals surface area contributed by atoms with Gasteiger partial charge in [0, 0.05) is 18.9 Å². The summed E-state index contributed by atoms with van der Waals surface area (Å²) >= 11 is 0. The Morgan fingerprint density at radius 1 is 0.833 bits per heavy atom. The monoisotopic (exact) mass is 439 g/mol. The Labute approximate surface area is 225 Å². The second-order valence-corrected chi connectivity index (χ2v) is 8.79. The zero-order valence-electron chi connectivity index (χ0n) is 18.9. The maximum atomic E-state index is 12.7. The molecule has 0 aromatic carbocycles. The van der Waals surface area contributed by atoms with E-state index in [1.807, 2.05) is 0 Å². The summed E-state index contributed by atoms with van der Waals surface area (Å²) in [5, 5.41) is 33.0. The smallest absolute Gasteiger partial charge is 0.862 e. The first-order valence-corrected chi connectivity index (χ1v) is 11.1. The predicted molar refractivity (Wildman–Crippen MR) is 104 cm³/mol. The van der Waals surface area contributed by atoms with E-state index in [0.29, 0.717) is 31.1 Å². The largest absolute Gasteiger partial charge is 1.00 e. The second-order valence-electron chi connectivity index (χ2n) is 8.79. The molecule has 2 aliphatic carbocycles. The number of rotatable bonds is 11. The number of aliphatic carboxylic acids is 2. The van der Waals surface area contributed by atoms with Gasteiger partial charge in [0.25, 0.3) is 0 Å². The van der Waals surface area contributed by atoms with Gasteiger partial charge in [-0.3, -0.25) is 4.79 Å². The molecule has 8 heteroatoms.